The monoisotopic (exact) mass is 384 g/mol. The molecule has 29 heavy (non-hydrogen) atoms. The van der Waals surface area contributed by atoms with E-state index in [4.69, 9.17) is 14.1 Å². The highest BCUT2D eigenvalue weighted by Crippen LogP contribution is 2.33. The fraction of sp³-hybridized carbons (Fsp3) is 0.0909. The minimum atomic E-state index is -0.361. The number of aromatic nitrogens is 4. The molecule has 0 bridgehead atoms. The lowest BCUT2D eigenvalue weighted by atomic mass is 10.1. The van der Waals surface area contributed by atoms with Crippen LogP contribution in [0.5, 0.6) is 5.75 Å². The van der Waals surface area contributed by atoms with E-state index in [9.17, 15) is 4.79 Å². The number of hydrogen-bond acceptors (Lipinski definition) is 6. The van der Waals surface area contributed by atoms with E-state index in [-0.39, 0.29) is 11.3 Å². The summed E-state index contributed by atoms with van der Waals surface area (Å²) in [5.74, 6) is 1.52. The van der Waals surface area contributed by atoms with Gasteiger partial charge in [0.05, 0.1) is 12.6 Å². The number of nitrogens with zero attached hydrogens (tertiary/aromatic N) is 3. The Bertz CT molecular complexity index is 1440. The Hall–Kier alpha value is -4.00. The van der Waals surface area contributed by atoms with Crippen molar-refractivity contribution in [2.24, 2.45) is 0 Å². The van der Waals surface area contributed by atoms with Crippen LogP contribution in [0.15, 0.2) is 63.9 Å². The maximum atomic E-state index is 12.1. The third kappa shape index (κ3) is 2.93. The summed E-state index contributed by atoms with van der Waals surface area (Å²) in [6.07, 6.45) is 1.76. The number of pyridine rings is 2. The lowest BCUT2D eigenvalue weighted by Gasteiger charge is -2.10. The molecule has 0 atom stereocenters. The first-order chi connectivity index (χ1) is 14.1. The van der Waals surface area contributed by atoms with Gasteiger partial charge in [-0.05, 0) is 37.3 Å². The highest BCUT2D eigenvalue weighted by molar-refractivity contribution is 5.89. The van der Waals surface area contributed by atoms with Crippen LogP contribution in [0, 0.1) is 6.92 Å². The zero-order valence-electron chi connectivity index (χ0n) is 15.8. The van der Waals surface area contributed by atoms with Gasteiger partial charge in [0, 0.05) is 23.2 Å². The van der Waals surface area contributed by atoms with Gasteiger partial charge >= 0.3 is 0 Å². The van der Waals surface area contributed by atoms with Gasteiger partial charge in [0.25, 0.3) is 5.56 Å². The number of nitrogens with one attached hydrogen (secondary N) is 1. The molecule has 0 radical (unpaired) electrons. The third-order valence-electron chi connectivity index (χ3n) is 4.72. The maximum absolute atomic E-state index is 12.1. The molecule has 0 unspecified atom stereocenters. The number of benzene rings is 1. The summed E-state index contributed by atoms with van der Waals surface area (Å²) in [6.45, 7) is 1.87. The molecular formula is C22H16N4O3. The molecule has 0 fully saturated rings. The minimum Gasteiger partial charge on any atom is -0.491 e. The zero-order valence-corrected chi connectivity index (χ0v) is 15.8. The van der Waals surface area contributed by atoms with Crippen LogP contribution in [0.4, 0.5) is 0 Å². The van der Waals surface area contributed by atoms with Crippen molar-refractivity contribution in [2.75, 3.05) is 7.11 Å². The maximum Gasteiger partial charge on any atom is 0.292 e. The van der Waals surface area contributed by atoms with Crippen molar-refractivity contribution in [3.8, 4) is 28.5 Å². The van der Waals surface area contributed by atoms with Gasteiger partial charge < -0.3 is 14.1 Å². The molecule has 7 nitrogen and oxygen atoms in total. The fourth-order valence-electron chi connectivity index (χ4n) is 3.31. The van der Waals surface area contributed by atoms with Gasteiger partial charge in [0.2, 0.25) is 0 Å². The predicted octanol–water partition coefficient (Wildman–Crippen LogP) is 4.11. The molecule has 1 N–H and O–H groups in total. The molecule has 4 aromatic heterocycles. The number of fused-ring (bicyclic) bond motifs is 2. The van der Waals surface area contributed by atoms with Gasteiger partial charge in [-0.15, -0.1) is 0 Å². The number of rotatable bonds is 3. The van der Waals surface area contributed by atoms with E-state index in [0.717, 1.165) is 22.2 Å². The Balaban J connectivity index is 1.82. The molecule has 1 aromatic carbocycles. The lowest BCUT2D eigenvalue weighted by Crippen LogP contribution is -2.10. The first kappa shape index (κ1) is 17.1. The first-order valence-electron chi connectivity index (χ1n) is 9.03. The highest BCUT2D eigenvalue weighted by atomic mass is 16.5. The van der Waals surface area contributed by atoms with E-state index in [0.29, 0.717) is 28.3 Å². The van der Waals surface area contributed by atoms with Crippen LogP contribution in [0.25, 0.3) is 44.8 Å². The number of H-pyrrole nitrogens is 1. The number of hydrogen-bond donors (Lipinski definition) is 1. The summed E-state index contributed by atoms with van der Waals surface area (Å²) in [6, 6.07) is 15.1. The first-order valence-corrected chi connectivity index (χ1v) is 9.03. The molecule has 7 heteroatoms. The summed E-state index contributed by atoms with van der Waals surface area (Å²) in [5, 5.41) is 0.993. The van der Waals surface area contributed by atoms with Gasteiger partial charge in [0.15, 0.2) is 17.2 Å². The highest BCUT2D eigenvalue weighted by Gasteiger charge is 2.18. The molecule has 0 saturated carbocycles. The van der Waals surface area contributed by atoms with Gasteiger partial charge in [-0.3, -0.25) is 9.78 Å². The van der Waals surface area contributed by atoms with Crippen molar-refractivity contribution in [1.29, 1.82) is 0 Å². The van der Waals surface area contributed by atoms with E-state index in [2.05, 4.69) is 15.0 Å². The Morgan fingerprint density at radius 3 is 2.69 bits per heavy atom. The zero-order chi connectivity index (χ0) is 20.0. The Labute approximate surface area is 165 Å². The predicted molar refractivity (Wildman–Crippen MR) is 110 cm³/mol. The quantitative estimate of drug-likeness (QED) is 0.503. The van der Waals surface area contributed by atoms with Crippen LogP contribution in [0.2, 0.25) is 0 Å². The van der Waals surface area contributed by atoms with E-state index >= 15 is 0 Å². The second kappa shape index (κ2) is 6.56. The number of aromatic amines is 1. The number of methoxy groups -OCH3 is 1. The van der Waals surface area contributed by atoms with Crippen molar-refractivity contribution in [2.45, 2.75) is 6.92 Å². The molecule has 0 saturated heterocycles. The summed E-state index contributed by atoms with van der Waals surface area (Å²) in [7, 11) is 1.45. The molecule has 5 rings (SSSR count). The summed E-state index contributed by atoms with van der Waals surface area (Å²) >= 11 is 0. The van der Waals surface area contributed by atoms with Crippen molar-refractivity contribution in [3.63, 3.8) is 0 Å². The van der Waals surface area contributed by atoms with Crippen molar-refractivity contribution >= 4 is 22.1 Å². The Kier molecular flexibility index (Phi) is 3.87. The molecule has 0 aliphatic heterocycles. The topological polar surface area (TPSA) is 93.9 Å². The van der Waals surface area contributed by atoms with Crippen molar-refractivity contribution < 1.29 is 9.15 Å². The number of furan rings is 1. The molecule has 142 valence electrons. The van der Waals surface area contributed by atoms with Crippen LogP contribution in [-0.2, 0) is 0 Å². The van der Waals surface area contributed by atoms with Crippen molar-refractivity contribution in [3.05, 3.63) is 70.8 Å². The van der Waals surface area contributed by atoms with Crippen LogP contribution in [0.1, 0.15) is 5.76 Å². The van der Waals surface area contributed by atoms with E-state index in [1.807, 2.05) is 49.4 Å². The standard InChI is InChI=1S/C22H16N4O3/c1-12-5-8-17(29-12)20-19(14-6-7-15-13(10-14)4-3-9-23-15)24-16-11-18(28-2)22(27)26-21(16)25-20/h3-11H,1-2H3,(H,25,26,27). The summed E-state index contributed by atoms with van der Waals surface area (Å²) in [4.78, 5) is 28.7. The fourth-order valence-corrected chi connectivity index (χ4v) is 3.31. The number of aryl methyl sites for hydroxylation is 1. The summed E-state index contributed by atoms with van der Waals surface area (Å²) in [5.41, 5.74) is 3.49. The molecule has 0 spiro atoms. The molecule has 0 aliphatic carbocycles. The van der Waals surface area contributed by atoms with E-state index < -0.39 is 0 Å². The molecule has 4 heterocycles. The van der Waals surface area contributed by atoms with Gasteiger partial charge in [-0.25, -0.2) is 9.97 Å². The van der Waals surface area contributed by atoms with Gasteiger partial charge in [0.1, 0.15) is 22.7 Å². The molecule has 0 aliphatic rings. The SMILES string of the molecule is COc1cc2nc(-c3ccc4ncccc4c3)c(-c3ccc(C)o3)nc2[nH]c1=O. The van der Waals surface area contributed by atoms with Crippen LogP contribution in [-0.4, -0.2) is 27.0 Å². The minimum absolute atomic E-state index is 0.182. The third-order valence-corrected chi connectivity index (χ3v) is 4.72. The summed E-state index contributed by atoms with van der Waals surface area (Å²) < 4.78 is 10.9. The average molecular weight is 384 g/mol. The normalized spacial score (nSPS) is 11.2. The van der Waals surface area contributed by atoms with Crippen molar-refractivity contribution in [1.82, 2.24) is 19.9 Å². The molecule has 5 aromatic rings. The van der Waals surface area contributed by atoms with Gasteiger partial charge in [-0.1, -0.05) is 12.1 Å². The van der Waals surface area contributed by atoms with E-state index in [1.54, 1.807) is 12.3 Å². The number of ether oxygens (including phenoxy) is 1. The van der Waals surface area contributed by atoms with Gasteiger partial charge in [-0.2, -0.15) is 0 Å². The second-order valence-electron chi connectivity index (χ2n) is 6.64. The Morgan fingerprint density at radius 2 is 1.90 bits per heavy atom. The lowest BCUT2D eigenvalue weighted by molar-refractivity contribution is 0.409. The smallest absolute Gasteiger partial charge is 0.292 e. The van der Waals surface area contributed by atoms with Crippen LogP contribution < -0.4 is 10.3 Å². The van der Waals surface area contributed by atoms with E-state index in [1.165, 1.54) is 7.11 Å². The largest absolute Gasteiger partial charge is 0.491 e. The van der Waals surface area contributed by atoms with Crippen LogP contribution in [0.3, 0.4) is 0 Å². The molecule has 0 amide bonds. The van der Waals surface area contributed by atoms with Crippen LogP contribution >= 0.6 is 0 Å². The average Bonchev–Trinajstić information content (AvgIpc) is 3.18. The molecular weight excluding hydrogens is 368 g/mol. The Morgan fingerprint density at radius 1 is 1.00 bits per heavy atom. The second-order valence-corrected chi connectivity index (χ2v) is 6.64.